The zero-order valence-corrected chi connectivity index (χ0v) is 8.81. The van der Waals surface area contributed by atoms with Gasteiger partial charge in [-0.25, -0.2) is 4.79 Å². The highest BCUT2D eigenvalue weighted by molar-refractivity contribution is 5.97. The second-order valence-corrected chi connectivity index (χ2v) is 2.97. The molecule has 0 aliphatic heterocycles. The average Bonchev–Trinajstić information content (AvgIpc) is 2.56. The number of carbonyl (C=O) groups excluding carboxylic acids is 1. The smallest absolute Gasteiger partial charge is 0.348 e. The van der Waals surface area contributed by atoms with Crippen molar-refractivity contribution in [2.45, 2.75) is 6.92 Å². The van der Waals surface area contributed by atoms with E-state index >= 15 is 0 Å². The van der Waals surface area contributed by atoms with Crippen LogP contribution in [-0.4, -0.2) is 22.9 Å². The molecule has 78 valence electrons. The normalized spacial score (nSPS) is 10.9. The number of nitriles is 1. The Kier molecular flexibility index (Phi) is 3.24. The van der Waals surface area contributed by atoms with Gasteiger partial charge in [0.25, 0.3) is 0 Å². The third-order valence-electron chi connectivity index (χ3n) is 2.10. The number of ether oxygens (including phenoxy) is 1. The van der Waals surface area contributed by atoms with Crippen molar-refractivity contribution in [1.82, 2.24) is 9.78 Å². The first-order valence-electron chi connectivity index (χ1n) is 4.29. The predicted octanol–water partition coefficient (Wildman–Crippen LogP) is 0.808. The van der Waals surface area contributed by atoms with Crippen molar-refractivity contribution in [2.75, 3.05) is 7.11 Å². The highest BCUT2D eigenvalue weighted by atomic mass is 16.5. The maximum absolute atomic E-state index is 11.1. The fourth-order valence-corrected chi connectivity index (χ4v) is 1.06. The summed E-state index contributed by atoms with van der Waals surface area (Å²) in [4.78, 5) is 11.1. The fraction of sp³-hybridized carbons (Fsp3) is 0.300. The number of esters is 1. The monoisotopic (exact) mass is 205 g/mol. The third-order valence-corrected chi connectivity index (χ3v) is 2.10. The molecule has 0 spiro atoms. The Bertz CT molecular complexity index is 452. The number of aromatic nitrogens is 2. The molecule has 1 aromatic rings. The summed E-state index contributed by atoms with van der Waals surface area (Å²) >= 11 is 0. The summed E-state index contributed by atoms with van der Waals surface area (Å²) < 4.78 is 6.13. The highest BCUT2D eigenvalue weighted by Crippen LogP contribution is 2.11. The highest BCUT2D eigenvalue weighted by Gasteiger charge is 2.10. The summed E-state index contributed by atoms with van der Waals surface area (Å²) in [5.41, 5.74) is 1.58. The van der Waals surface area contributed by atoms with Crippen LogP contribution in [0, 0.1) is 18.3 Å². The first-order valence-corrected chi connectivity index (χ1v) is 4.29. The molecule has 0 aliphatic rings. The first-order chi connectivity index (χ1) is 7.10. The molecule has 0 bridgehead atoms. The van der Waals surface area contributed by atoms with E-state index in [1.165, 1.54) is 13.2 Å². The van der Waals surface area contributed by atoms with E-state index in [0.29, 0.717) is 0 Å². The molecule has 0 aromatic carbocycles. The molecule has 0 N–H and O–H groups in total. The number of hydrogen-bond acceptors (Lipinski definition) is 4. The summed E-state index contributed by atoms with van der Waals surface area (Å²) in [5, 5.41) is 12.7. The van der Waals surface area contributed by atoms with Crippen LogP contribution < -0.4 is 0 Å². The molecular formula is C10H11N3O2. The number of hydrogen-bond donors (Lipinski definition) is 0. The molecule has 1 heterocycles. The Morgan fingerprint density at radius 3 is 2.80 bits per heavy atom. The Hall–Kier alpha value is -2.09. The zero-order chi connectivity index (χ0) is 11.4. The predicted molar refractivity (Wildman–Crippen MR) is 53.6 cm³/mol. The third kappa shape index (κ3) is 2.23. The van der Waals surface area contributed by atoms with Gasteiger partial charge in [0.2, 0.25) is 0 Å². The van der Waals surface area contributed by atoms with Gasteiger partial charge in [0.1, 0.15) is 11.6 Å². The zero-order valence-electron chi connectivity index (χ0n) is 8.81. The number of carbonyl (C=O) groups is 1. The van der Waals surface area contributed by atoms with Crippen molar-refractivity contribution in [3.05, 3.63) is 23.0 Å². The maximum atomic E-state index is 11.1. The largest absolute Gasteiger partial charge is 0.465 e. The van der Waals surface area contributed by atoms with E-state index in [1.54, 1.807) is 24.0 Å². The topological polar surface area (TPSA) is 67.9 Å². The average molecular weight is 205 g/mol. The SMILES string of the molecule is COC(=O)/C(C#N)=C/c1cnn(C)c1C. The second-order valence-electron chi connectivity index (χ2n) is 2.97. The molecule has 1 rings (SSSR count). The van der Waals surface area contributed by atoms with Crippen molar-refractivity contribution < 1.29 is 9.53 Å². The lowest BCUT2D eigenvalue weighted by atomic mass is 10.2. The lowest BCUT2D eigenvalue weighted by Gasteiger charge is -1.96. The van der Waals surface area contributed by atoms with Crippen molar-refractivity contribution in [1.29, 1.82) is 5.26 Å². The van der Waals surface area contributed by atoms with Crippen molar-refractivity contribution in [3.63, 3.8) is 0 Å². The van der Waals surface area contributed by atoms with Gasteiger partial charge in [0.15, 0.2) is 0 Å². The van der Waals surface area contributed by atoms with Crippen LogP contribution in [-0.2, 0) is 16.6 Å². The second kappa shape index (κ2) is 4.42. The number of rotatable bonds is 2. The minimum absolute atomic E-state index is 0.0337. The van der Waals surface area contributed by atoms with Crippen LogP contribution in [0.25, 0.3) is 6.08 Å². The number of nitrogens with zero attached hydrogens (tertiary/aromatic N) is 3. The van der Waals surface area contributed by atoms with Crippen LogP contribution in [0.3, 0.4) is 0 Å². The van der Waals surface area contributed by atoms with Gasteiger partial charge in [0, 0.05) is 18.3 Å². The van der Waals surface area contributed by atoms with Gasteiger partial charge in [-0.1, -0.05) is 0 Å². The van der Waals surface area contributed by atoms with Crippen molar-refractivity contribution >= 4 is 12.0 Å². The molecule has 5 nitrogen and oxygen atoms in total. The molecule has 0 radical (unpaired) electrons. The molecule has 0 aliphatic carbocycles. The number of aryl methyl sites for hydroxylation is 1. The molecule has 0 saturated heterocycles. The van der Waals surface area contributed by atoms with E-state index in [1.807, 2.05) is 6.92 Å². The summed E-state index contributed by atoms with van der Waals surface area (Å²) in [6, 6.07) is 1.79. The fourth-order valence-electron chi connectivity index (χ4n) is 1.06. The van der Waals surface area contributed by atoms with Gasteiger partial charge in [-0.15, -0.1) is 0 Å². The Balaban J connectivity index is 3.10. The van der Waals surface area contributed by atoms with E-state index in [-0.39, 0.29) is 5.57 Å². The van der Waals surface area contributed by atoms with Crippen molar-refractivity contribution in [2.24, 2.45) is 7.05 Å². The molecule has 0 fully saturated rings. The van der Waals surface area contributed by atoms with Crippen LogP contribution >= 0.6 is 0 Å². The van der Waals surface area contributed by atoms with Crippen LogP contribution in [0.5, 0.6) is 0 Å². The maximum Gasteiger partial charge on any atom is 0.348 e. The Morgan fingerprint density at radius 1 is 1.73 bits per heavy atom. The lowest BCUT2D eigenvalue weighted by Crippen LogP contribution is -2.02. The van der Waals surface area contributed by atoms with E-state index in [4.69, 9.17) is 5.26 Å². The first kappa shape index (κ1) is 11.0. The van der Waals surface area contributed by atoms with Crippen LogP contribution in [0.2, 0.25) is 0 Å². The van der Waals surface area contributed by atoms with E-state index in [2.05, 4.69) is 9.84 Å². The molecule has 0 unspecified atom stereocenters. The summed E-state index contributed by atoms with van der Waals surface area (Å²) in [5.74, 6) is -0.638. The van der Waals surface area contributed by atoms with Crippen LogP contribution in [0.4, 0.5) is 0 Å². The number of methoxy groups -OCH3 is 1. The Labute approximate surface area is 87.6 Å². The Morgan fingerprint density at radius 2 is 2.40 bits per heavy atom. The van der Waals surface area contributed by atoms with Gasteiger partial charge in [-0.3, -0.25) is 4.68 Å². The molecule has 0 amide bonds. The van der Waals surface area contributed by atoms with E-state index < -0.39 is 5.97 Å². The van der Waals surface area contributed by atoms with Gasteiger partial charge < -0.3 is 4.74 Å². The van der Waals surface area contributed by atoms with E-state index in [0.717, 1.165) is 11.3 Å². The van der Waals surface area contributed by atoms with Gasteiger partial charge >= 0.3 is 5.97 Å². The standard InChI is InChI=1S/C10H11N3O2/c1-7-9(6-12-13(7)2)4-8(5-11)10(14)15-3/h4,6H,1-3H3/b8-4+. The molecule has 0 saturated carbocycles. The van der Waals surface area contributed by atoms with Crippen molar-refractivity contribution in [3.8, 4) is 6.07 Å². The van der Waals surface area contributed by atoms with Gasteiger partial charge in [-0.05, 0) is 13.0 Å². The molecule has 0 atom stereocenters. The molecule has 15 heavy (non-hydrogen) atoms. The minimum Gasteiger partial charge on any atom is -0.465 e. The van der Waals surface area contributed by atoms with Crippen LogP contribution in [0.1, 0.15) is 11.3 Å². The minimum atomic E-state index is -0.638. The van der Waals surface area contributed by atoms with Gasteiger partial charge in [-0.2, -0.15) is 10.4 Å². The van der Waals surface area contributed by atoms with Crippen LogP contribution in [0.15, 0.2) is 11.8 Å². The summed E-state index contributed by atoms with van der Waals surface area (Å²) in [6.07, 6.45) is 3.06. The lowest BCUT2D eigenvalue weighted by molar-refractivity contribution is -0.135. The summed E-state index contributed by atoms with van der Waals surface area (Å²) in [7, 11) is 3.03. The molecular weight excluding hydrogens is 194 g/mol. The quantitative estimate of drug-likeness (QED) is 0.407. The summed E-state index contributed by atoms with van der Waals surface area (Å²) in [6.45, 7) is 1.85. The van der Waals surface area contributed by atoms with Gasteiger partial charge in [0.05, 0.1) is 13.3 Å². The molecule has 1 aromatic heterocycles. The van der Waals surface area contributed by atoms with E-state index in [9.17, 15) is 4.79 Å². The molecule has 5 heteroatoms.